The van der Waals surface area contributed by atoms with Gasteiger partial charge in [0, 0.05) is 18.6 Å². The van der Waals surface area contributed by atoms with Crippen LogP contribution in [0.2, 0.25) is 0 Å². The summed E-state index contributed by atoms with van der Waals surface area (Å²) >= 11 is 0. The molecular weight excluding hydrogens is 228 g/mol. The maximum atomic E-state index is 12.3. The molecule has 0 heterocycles. The van der Waals surface area contributed by atoms with E-state index in [1.54, 1.807) is 7.11 Å². The zero-order valence-electron chi connectivity index (χ0n) is 11.5. The van der Waals surface area contributed by atoms with E-state index in [4.69, 9.17) is 4.74 Å². The molecule has 0 aromatic rings. The highest BCUT2D eigenvalue weighted by atomic mass is 16.5. The largest absolute Gasteiger partial charge is 0.381 e. The van der Waals surface area contributed by atoms with E-state index < -0.39 is 5.41 Å². The molecule has 18 heavy (non-hydrogen) atoms. The number of ether oxygens (including phenoxy) is 1. The van der Waals surface area contributed by atoms with Gasteiger partial charge in [-0.1, -0.05) is 26.7 Å². The summed E-state index contributed by atoms with van der Waals surface area (Å²) in [6.07, 6.45) is 4.42. The molecule has 100 valence electrons. The average molecular weight is 250 g/mol. The van der Waals surface area contributed by atoms with Gasteiger partial charge in [0.2, 0.25) is 5.91 Å². The van der Waals surface area contributed by atoms with E-state index in [0.717, 1.165) is 19.3 Å². The molecular formula is C14H22N2O2. The summed E-state index contributed by atoms with van der Waals surface area (Å²) in [5.74, 6) is -0.0740. The fourth-order valence-corrected chi connectivity index (χ4v) is 3.19. The smallest absolute Gasteiger partial charge is 0.240 e. The molecule has 0 aromatic heterocycles. The highest BCUT2D eigenvalue weighted by Gasteiger charge is 2.51. The summed E-state index contributed by atoms with van der Waals surface area (Å²) in [4.78, 5) is 12.3. The van der Waals surface area contributed by atoms with E-state index in [0.29, 0.717) is 12.8 Å². The van der Waals surface area contributed by atoms with Crippen molar-refractivity contribution in [3.8, 4) is 6.07 Å². The molecule has 2 unspecified atom stereocenters. The lowest BCUT2D eigenvalue weighted by Crippen LogP contribution is -2.63. The Balaban J connectivity index is 1.99. The van der Waals surface area contributed by atoms with Crippen LogP contribution < -0.4 is 5.32 Å². The first-order chi connectivity index (χ1) is 8.46. The van der Waals surface area contributed by atoms with Crippen LogP contribution in [0.1, 0.15) is 46.0 Å². The molecule has 0 saturated heterocycles. The van der Waals surface area contributed by atoms with Gasteiger partial charge in [0.1, 0.15) is 5.41 Å². The maximum absolute atomic E-state index is 12.3. The first-order valence-corrected chi connectivity index (χ1v) is 6.71. The van der Waals surface area contributed by atoms with Crippen LogP contribution in [0.5, 0.6) is 0 Å². The van der Waals surface area contributed by atoms with Crippen molar-refractivity contribution < 1.29 is 9.53 Å². The predicted octanol–water partition coefficient (Wildman–Crippen LogP) is 2.00. The van der Waals surface area contributed by atoms with Crippen LogP contribution in [0, 0.1) is 22.2 Å². The minimum absolute atomic E-state index is 0.0420. The Morgan fingerprint density at radius 1 is 1.39 bits per heavy atom. The molecule has 2 saturated carbocycles. The van der Waals surface area contributed by atoms with Crippen molar-refractivity contribution in [3.05, 3.63) is 0 Å². The summed E-state index contributed by atoms with van der Waals surface area (Å²) in [6, 6.07) is 2.37. The number of rotatable bonds is 3. The number of nitrogens with zero attached hydrogens (tertiary/aromatic N) is 1. The fraction of sp³-hybridized carbons (Fsp3) is 0.857. The van der Waals surface area contributed by atoms with E-state index in [2.05, 4.69) is 25.2 Å². The average Bonchev–Trinajstić information content (AvgIpc) is 2.83. The molecule has 1 amide bonds. The lowest BCUT2D eigenvalue weighted by atomic mass is 9.64. The van der Waals surface area contributed by atoms with Crippen molar-refractivity contribution in [2.45, 2.75) is 58.1 Å². The number of amides is 1. The van der Waals surface area contributed by atoms with Gasteiger partial charge in [0.15, 0.2) is 0 Å². The molecule has 2 aliphatic carbocycles. The molecule has 2 fully saturated rings. The van der Waals surface area contributed by atoms with Gasteiger partial charge in [-0.05, 0) is 19.3 Å². The fourth-order valence-electron chi connectivity index (χ4n) is 3.19. The van der Waals surface area contributed by atoms with Crippen molar-refractivity contribution in [1.82, 2.24) is 5.32 Å². The highest BCUT2D eigenvalue weighted by molar-refractivity contribution is 5.86. The Labute approximate surface area is 109 Å². The van der Waals surface area contributed by atoms with Crippen molar-refractivity contribution >= 4 is 5.91 Å². The number of methoxy groups -OCH3 is 1. The van der Waals surface area contributed by atoms with Crippen molar-refractivity contribution in [3.63, 3.8) is 0 Å². The Bertz CT molecular complexity index is 378. The summed E-state index contributed by atoms with van der Waals surface area (Å²) in [5, 5.41) is 12.3. The Morgan fingerprint density at radius 2 is 2.00 bits per heavy atom. The molecule has 2 rings (SSSR count). The molecule has 0 aliphatic heterocycles. The van der Waals surface area contributed by atoms with E-state index in [9.17, 15) is 10.1 Å². The summed E-state index contributed by atoms with van der Waals surface area (Å²) < 4.78 is 5.37. The molecule has 0 spiro atoms. The van der Waals surface area contributed by atoms with Crippen LogP contribution in [-0.4, -0.2) is 25.2 Å². The second-order valence-electron chi connectivity index (χ2n) is 6.21. The van der Waals surface area contributed by atoms with Crippen LogP contribution in [-0.2, 0) is 9.53 Å². The number of carbonyl (C=O) groups is 1. The lowest BCUT2D eigenvalue weighted by Gasteiger charge is -2.51. The third-order valence-corrected chi connectivity index (χ3v) is 4.87. The molecule has 4 nitrogen and oxygen atoms in total. The van der Waals surface area contributed by atoms with E-state index in [1.165, 1.54) is 0 Å². The van der Waals surface area contributed by atoms with E-state index >= 15 is 0 Å². The third kappa shape index (κ3) is 1.91. The topological polar surface area (TPSA) is 62.1 Å². The Morgan fingerprint density at radius 3 is 2.44 bits per heavy atom. The SMILES string of the molecule is COC1CC(NC(=O)C2(C#N)CCCC2)C1(C)C. The van der Waals surface area contributed by atoms with Gasteiger partial charge < -0.3 is 10.1 Å². The molecule has 1 N–H and O–H groups in total. The first kappa shape index (κ1) is 13.4. The molecule has 0 bridgehead atoms. The summed E-state index contributed by atoms with van der Waals surface area (Å²) in [5.41, 5.74) is -0.812. The lowest BCUT2D eigenvalue weighted by molar-refractivity contribution is -0.138. The van der Waals surface area contributed by atoms with Crippen LogP contribution in [0.15, 0.2) is 0 Å². The molecule has 0 aromatic carbocycles. The van der Waals surface area contributed by atoms with Gasteiger partial charge in [0.25, 0.3) is 0 Å². The van der Waals surface area contributed by atoms with E-state index in [1.807, 2.05) is 0 Å². The monoisotopic (exact) mass is 250 g/mol. The number of carbonyl (C=O) groups excluding carboxylic acids is 1. The van der Waals surface area contributed by atoms with Gasteiger partial charge in [-0.25, -0.2) is 0 Å². The van der Waals surface area contributed by atoms with E-state index in [-0.39, 0.29) is 23.5 Å². The minimum atomic E-state index is -0.770. The van der Waals surface area contributed by atoms with Gasteiger partial charge >= 0.3 is 0 Å². The number of nitrogens with one attached hydrogen (secondary N) is 1. The Kier molecular flexibility index (Phi) is 3.37. The van der Waals surface area contributed by atoms with Gasteiger partial charge in [-0.3, -0.25) is 4.79 Å². The highest BCUT2D eigenvalue weighted by Crippen LogP contribution is 2.44. The second-order valence-corrected chi connectivity index (χ2v) is 6.21. The second kappa shape index (κ2) is 4.55. The van der Waals surface area contributed by atoms with Crippen molar-refractivity contribution in [2.75, 3.05) is 7.11 Å². The van der Waals surface area contributed by atoms with Crippen LogP contribution in [0.4, 0.5) is 0 Å². The number of hydrogen-bond acceptors (Lipinski definition) is 3. The van der Waals surface area contributed by atoms with Crippen molar-refractivity contribution in [2.24, 2.45) is 10.8 Å². The van der Waals surface area contributed by atoms with Gasteiger partial charge in [0.05, 0.1) is 12.2 Å². The van der Waals surface area contributed by atoms with Gasteiger partial charge in [-0.2, -0.15) is 5.26 Å². The molecule has 0 radical (unpaired) electrons. The number of hydrogen-bond donors (Lipinski definition) is 1. The van der Waals surface area contributed by atoms with Crippen LogP contribution in [0.25, 0.3) is 0 Å². The zero-order chi connectivity index (χ0) is 13.4. The van der Waals surface area contributed by atoms with Gasteiger partial charge in [-0.15, -0.1) is 0 Å². The van der Waals surface area contributed by atoms with Crippen LogP contribution >= 0.6 is 0 Å². The summed E-state index contributed by atoms with van der Waals surface area (Å²) in [6.45, 7) is 4.20. The third-order valence-electron chi connectivity index (χ3n) is 4.87. The molecule has 2 atom stereocenters. The quantitative estimate of drug-likeness (QED) is 0.833. The first-order valence-electron chi connectivity index (χ1n) is 6.71. The standard InChI is InChI=1S/C14H22N2O2/c1-13(2)10(8-11(13)18-3)16-12(17)14(9-15)6-4-5-7-14/h10-11H,4-8H2,1-3H3,(H,16,17). The zero-order valence-corrected chi connectivity index (χ0v) is 11.5. The van der Waals surface area contributed by atoms with Crippen molar-refractivity contribution in [1.29, 1.82) is 5.26 Å². The summed E-state index contributed by atoms with van der Waals surface area (Å²) in [7, 11) is 1.71. The molecule has 2 aliphatic rings. The minimum Gasteiger partial charge on any atom is -0.381 e. The van der Waals surface area contributed by atoms with Crippen LogP contribution in [0.3, 0.4) is 0 Å². The molecule has 4 heteroatoms. The maximum Gasteiger partial charge on any atom is 0.240 e. The normalized spacial score (nSPS) is 32.3. The Hall–Kier alpha value is -1.08. The predicted molar refractivity (Wildman–Crippen MR) is 67.6 cm³/mol. The number of nitriles is 1.